The van der Waals surface area contributed by atoms with Gasteiger partial charge in [-0.15, -0.1) is 0 Å². The summed E-state index contributed by atoms with van der Waals surface area (Å²) in [5, 5.41) is 2.63. The molecule has 0 unspecified atom stereocenters. The van der Waals surface area contributed by atoms with Gasteiger partial charge in [0.1, 0.15) is 18.1 Å². The first-order valence-electron chi connectivity index (χ1n) is 8.93. The van der Waals surface area contributed by atoms with E-state index in [0.717, 1.165) is 33.5 Å². The normalized spacial score (nSPS) is 12.3. The van der Waals surface area contributed by atoms with Gasteiger partial charge in [0, 0.05) is 0 Å². The monoisotopic (exact) mass is 442 g/mol. The first-order chi connectivity index (χ1) is 13.6. The van der Waals surface area contributed by atoms with Crippen LogP contribution in [0.5, 0.6) is 5.75 Å². The second kappa shape index (κ2) is 9.45. The van der Waals surface area contributed by atoms with Crippen LogP contribution in [0.15, 0.2) is 36.4 Å². The number of carbonyl (C=O) groups is 1. The zero-order chi connectivity index (χ0) is 21.8. The fourth-order valence-corrected chi connectivity index (χ4v) is 3.97. The number of methoxy groups -OCH3 is 1. The maximum atomic E-state index is 13.4. The summed E-state index contributed by atoms with van der Waals surface area (Å²) < 4.78 is 44.0. The van der Waals surface area contributed by atoms with Crippen LogP contribution in [0.3, 0.4) is 0 Å². The first-order valence-corrected chi connectivity index (χ1v) is 11.2. The third-order valence-corrected chi connectivity index (χ3v) is 5.87. The minimum atomic E-state index is -3.79. The van der Waals surface area contributed by atoms with Gasteiger partial charge in [-0.05, 0) is 48.7 Å². The molecule has 9 heteroatoms. The number of anilines is 1. The van der Waals surface area contributed by atoms with Crippen molar-refractivity contribution in [3.63, 3.8) is 0 Å². The van der Waals surface area contributed by atoms with Gasteiger partial charge in [0.15, 0.2) is 0 Å². The summed E-state index contributed by atoms with van der Waals surface area (Å²) >= 11 is 5.76. The van der Waals surface area contributed by atoms with Gasteiger partial charge in [0.2, 0.25) is 15.9 Å². The zero-order valence-corrected chi connectivity index (χ0v) is 18.3. The van der Waals surface area contributed by atoms with Crippen molar-refractivity contribution in [2.75, 3.05) is 24.2 Å². The number of rotatable bonds is 8. The van der Waals surface area contributed by atoms with Gasteiger partial charge in [0.05, 0.1) is 30.1 Å². The molecular formula is C20H24ClFN2O4S. The number of benzene rings is 2. The van der Waals surface area contributed by atoms with Crippen molar-refractivity contribution in [2.45, 2.75) is 26.3 Å². The Balaban J connectivity index is 2.22. The number of aryl methyl sites for hydroxylation is 1. The van der Waals surface area contributed by atoms with Crippen molar-refractivity contribution in [1.82, 2.24) is 5.32 Å². The zero-order valence-electron chi connectivity index (χ0n) is 16.7. The molecule has 0 fully saturated rings. The summed E-state index contributed by atoms with van der Waals surface area (Å²) in [7, 11) is -2.20. The lowest BCUT2D eigenvalue weighted by Gasteiger charge is -2.24. The fraction of sp³-hybridized carbons (Fsp3) is 0.350. The molecular weight excluding hydrogens is 419 g/mol. The number of nitrogens with one attached hydrogen (secondary N) is 1. The fourth-order valence-electron chi connectivity index (χ4n) is 2.95. The average Bonchev–Trinajstić information content (AvgIpc) is 2.65. The molecule has 0 aliphatic heterocycles. The van der Waals surface area contributed by atoms with Crippen molar-refractivity contribution in [1.29, 1.82) is 0 Å². The van der Waals surface area contributed by atoms with Crippen molar-refractivity contribution >= 4 is 33.2 Å². The van der Waals surface area contributed by atoms with Crippen molar-refractivity contribution in [2.24, 2.45) is 0 Å². The lowest BCUT2D eigenvalue weighted by molar-refractivity contribution is -0.120. The molecule has 0 radical (unpaired) electrons. The standard InChI is InChI=1S/C20H24ClFN2O4S/c1-5-18(14-6-9-19(28-3)13(2)10-14)23-20(25)12-24(29(4,26)27)15-7-8-17(22)16(21)11-15/h6-11,18H,5,12H2,1-4H3,(H,23,25)/t18-/m1/s1. The van der Waals surface area contributed by atoms with Crippen LogP contribution in [-0.4, -0.2) is 34.2 Å². The Kier molecular flexibility index (Phi) is 7.48. The minimum Gasteiger partial charge on any atom is -0.496 e. The SMILES string of the molecule is CC[C@@H](NC(=O)CN(c1ccc(F)c(Cl)c1)S(C)(=O)=O)c1ccc(OC)c(C)c1. The van der Waals surface area contributed by atoms with Gasteiger partial charge >= 0.3 is 0 Å². The van der Waals surface area contributed by atoms with Crippen molar-refractivity contribution < 1.29 is 22.3 Å². The predicted octanol–water partition coefficient (Wildman–Crippen LogP) is 3.83. The van der Waals surface area contributed by atoms with Gasteiger partial charge in [-0.1, -0.05) is 30.7 Å². The molecule has 0 aliphatic carbocycles. The molecule has 29 heavy (non-hydrogen) atoms. The highest BCUT2D eigenvalue weighted by Crippen LogP contribution is 2.26. The topological polar surface area (TPSA) is 75.7 Å². The van der Waals surface area contributed by atoms with E-state index in [0.29, 0.717) is 6.42 Å². The minimum absolute atomic E-state index is 0.113. The van der Waals surface area contributed by atoms with E-state index in [9.17, 15) is 17.6 Å². The van der Waals surface area contributed by atoms with Gasteiger partial charge in [-0.3, -0.25) is 9.10 Å². The molecule has 0 aliphatic rings. The van der Waals surface area contributed by atoms with Crippen molar-refractivity contribution in [3.05, 3.63) is 58.4 Å². The van der Waals surface area contributed by atoms with Gasteiger partial charge in [-0.25, -0.2) is 12.8 Å². The number of amides is 1. The average molecular weight is 443 g/mol. The number of hydrogen-bond acceptors (Lipinski definition) is 4. The second-order valence-corrected chi connectivity index (χ2v) is 8.94. The molecule has 6 nitrogen and oxygen atoms in total. The molecule has 0 aromatic heterocycles. The van der Waals surface area contributed by atoms with E-state index < -0.39 is 28.3 Å². The molecule has 2 rings (SSSR count). The molecule has 0 saturated heterocycles. The van der Waals surface area contributed by atoms with E-state index in [2.05, 4.69) is 5.32 Å². The van der Waals surface area contributed by atoms with Crippen LogP contribution in [-0.2, 0) is 14.8 Å². The summed E-state index contributed by atoms with van der Waals surface area (Å²) in [6, 6.07) is 8.79. The highest BCUT2D eigenvalue weighted by Gasteiger charge is 2.23. The highest BCUT2D eigenvalue weighted by molar-refractivity contribution is 7.92. The molecule has 1 atom stereocenters. The van der Waals surface area contributed by atoms with Crippen molar-refractivity contribution in [3.8, 4) is 5.75 Å². The van der Waals surface area contributed by atoms with Crippen LogP contribution in [0.2, 0.25) is 5.02 Å². The third kappa shape index (κ3) is 5.83. The lowest BCUT2D eigenvalue weighted by Crippen LogP contribution is -2.41. The van der Waals surface area contributed by atoms with Crippen LogP contribution in [0.25, 0.3) is 0 Å². The molecule has 0 bridgehead atoms. The van der Waals surface area contributed by atoms with Gasteiger partial charge in [0.25, 0.3) is 0 Å². The van der Waals surface area contributed by atoms with E-state index in [-0.39, 0.29) is 16.8 Å². The summed E-state index contributed by atoms with van der Waals surface area (Å²) in [6.45, 7) is 3.37. The lowest BCUT2D eigenvalue weighted by atomic mass is 10.0. The number of hydrogen-bond donors (Lipinski definition) is 1. The molecule has 0 heterocycles. The Bertz CT molecular complexity index is 998. The summed E-state index contributed by atoms with van der Waals surface area (Å²) in [5.41, 5.74) is 1.92. The molecule has 0 saturated carbocycles. The largest absolute Gasteiger partial charge is 0.496 e. The Hall–Kier alpha value is -2.32. The predicted molar refractivity (Wildman–Crippen MR) is 113 cm³/mol. The number of nitrogens with zero attached hydrogens (tertiary/aromatic N) is 1. The van der Waals surface area contributed by atoms with Gasteiger partial charge in [-0.2, -0.15) is 0 Å². The Morgan fingerprint density at radius 2 is 1.97 bits per heavy atom. The van der Waals surface area contributed by atoms with Crippen LogP contribution in [0, 0.1) is 12.7 Å². The van der Waals surface area contributed by atoms with E-state index in [4.69, 9.17) is 16.3 Å². The molecule has 2 aromatic carbocycles. The smallest absolute Gasteiger partial charge is 0.241 e. The number of ether oxygens (including phenoxy) is 1. The summed E-state index contributed by atoms with van der Waals surface area (Å²) in [6.07, 6.45) is 1.58. The maximum absolute atomic E-state index is 13.4. The Morgan fingerprint density at radius 1 is 1.28 bits per heavy atom. The molecule has 1 amide bonds. The number of carbonyl (C=O) groups excluding carboxylic acids is 1. The van der Waals surface area contributed by atoms with E-state index in [1.807, 2.05) is 32.0 Å². The Labute approximate surface area is 175 Å². The van der Waals surface area contributed by atoms with E-state index in [1.165, 1.54) is 12.1 Å². The number of halogens is 2. The molecule has 0 spiro atoms. The first kappa shape index (κ1) is 23.0. The molecule has 158 valence electrons. The molecule has 2 aromatic rings. The van der Waals surface area contributed by atoms with Crippen LogP contribution in [0.1, 0.15) is 30.5 Å². The summed E-state index contributed by atoms with van der Waals surface area (Å²) in [5.74, 6) is -0.420. The third-order valence-electron chi connectivity index (χ3n) is 4.44. The summed E-state index contributed by atoms with van der Waals surface area (Å²) in [4.78, 5) is 12.6. The van der Waals surface area contributed by atoms with Gasteiger partial charge < -0.3 is 10.1 Å². The van der Waals surface area contributed by atoms with Crippen LogP contribution >= 0.6 is 11.6 Å². The molecule has 1 N–H and O–H groups in total. The number of sulfonamides is 1. The highest BCUT2D eigenvalue weighted by atomic mass is 35.5. The van der Waals surface area contributed by atoms with Crippen LogP contribution in [0.4, 0.5) is 10.1 Å². The maximum Gasteiger partial charge on any atom is 0.241 e. The quantitative estimate of drug-likeness (QED) is 0.674. The Morgan fingerprint density at radius 3 is 2.48 bits per heavy atom. The van der Waals surface area contributed by atoms with Crippen LogP contribution < -0.4 is 14.4 Å². The second-order valence-electron chi connectivity index (χ2n) is 6.63. The van der Waals surface area contributed by atoms with E-state index in [1.54, 1.807) is 7.11 Å². The van der Waals surface area contributed by atoms with E-state index >= 15 is 0 Å².